The Hall–Kier alpha value is -3.67. The molecular formula is C22H18N2O4. The largest absolute Gasteiger partial charge is 0.496 e. The van der Waals surface area contributed by atoms with Crippen molar-refractivity contribution in [1.82, 2.24) is 9.97 Å². The molecule has 6 heteroatoms. The Balaban J connectivity index is 1.68. The summed E-state index contributed by atoms with van der Waals surface area (Å²) >= 11 is 0. The fourth-order valence-corrected chi connectivity index (χ4v) is 3.20. The Bertz CT molecular complexity index is 1250. The average molecular weight is 374 g/mol. The molecule has 0 radical (unpaired) electrons. The van der Waals surface area contributed by atoms with E-state index in [9.17, 15) is 9.59 Å². The first-order valence-electron chi connectivity index (χ1n) is 8.84. The highest BCUT2D eigenvalue weighted by atomic mass is 16.5. The van der Waals surface area contributed by atoms with Crippen molar-refractivity contribution in [2.45, 2.75) is 13.0 Å². The summed E-state index contributed by atoms with van der Waals surface area (Å²) in [4.78, 5) is 32.2. The van der Waals surface area contributed by atoms with Crippen LogP contribution >= 0.6 is 0 Å². The summed E-state index contributed by atoms with van der Waals surface area (Å²) < 4.78 is 11.0. The van der Waals surface area contributed by atoms with E-state index < -0.39 is 12.1 Å². The number of benzene rings is 3. The highest BCUT2D eigenvalue weighted by molar-refractivity contribution is 6.06. The molecule has 0 bridgehead atoms. The molecule has 4 aromatic rings. The van der Waals surface area contributed by atoms with Crippen molar-refractivity contribution in [3.05, 3.63) is 82.4 Å². The van der Waals surface area contributed by atoms with Crippen molar-refractivity contribution < 1.29 is 14.3 Å². The van der Waals surface area contributed by atoms with Gasteiger partial charge in [-0.25, -0.2) is 9.78 Å². The topological polar surface area (TPSA) is 81.3 Å². The van der Waals surface area contributed by atoms with Gasteiger partial charge in [0, 0.05) is 5.39 Å². The summed E-state index contributed by atoms with van der Waals surface area (Å²) in [5.41, 5.74) is 0.712. The molecule has 0 saturated carbocycles. The zero-order valence-electron chi connectivity index (χ0n) is 15.4. The minimum absolute atomic E-state index is 0.265. The number of H-pyrrole nitrogens is 1. The second-order valence-electron chi connectivity index (χ2n) is 6.38. The maximum Gasteiger partial charge on any atom is 0.339 e. The Morgan fingerprint density at radius 1 is 0.964 bits per heavy atom. The second-order valence-corrected chi connectivity index (χ2v) is 6.38. The van der Waals surface area contributed by atoms with Crippen LogP contribution in [-0.2, 0) is 4.74 Å². The number of para-hydroxylation sites is 1. The van der Waals surface area contributed by atoms with E-state index in [2.05, 4.69) is 9.97 Å². The van der Waals surface area contributed by atoms with E-state index in [1.807, 2.05) is 24.3 Å². The van der Waals surface area contributed by atoms with Crippen LogP contribution in [0.5, 0.6) is 5.75 Å². The Morgan fingerprint density at radius 3 is 2.39 bits per heavy atom. The van der Waals surface area contributed by atoms with E-state index in [0.717, 1.165) is 10.8 Å². The lowest BCUT2D eigenvalue weighted by Crippen LogP contribution is -2.17. The number of carbonyl (C=O) groups excluding carboxylic acids is 1. The second kappa shape index (κ2) is 7.15. The third kappa shape index (κ3) is 3.09. The summed E-state index contributed by atoms with van der Waals surface area (Å²) in [7, 11) is 1.59. The van der Waals surface area contributed by atoms with Crippen LogP contribution in [0.15, 0.2) is 65.5 Å². The number of hydrogen-bond acceptors (Lipinski definition) is 5. The van der Waals surface area contributed by atoms with Gasteiger partial charge in [0.2, 0.25) is 0 Å². The highest BCUT2D eigenvalue weighted by Crippen LogP contribution is 2.29. The van der Waals surface area contributed by atoms with E-state index in [1.165, 1.54) is 0 Å². The summed E-state index contributed by atoms with van der Waals surface area (Å²) in [5.74, 6) is 0.484. The van der Waals surface area contributed by atoms with Crippen LogP contribution in [0.1, 0.15) is 29.2 Å². The fraction of sp³-hybridized carbons (Fsp3) is 0.136. The molecule has 0 aliphatic rings. The van der Waals surface area contributed by atoms with Gasteiger partial charge in [-0.3, -0.25) is 4.79 Å². The monoisotopic (exact) mass is 374 g/mol. The van der Waals surface area contributed by atoms with Crippen molar-refractivity contribution in [2.24, 2.45) is 0 Å². The molecule has 1 heterocycles. The molecule has 3 aromatic carbocycles. The minimum Gasteiger partial charge on any atom is -0.496 e. The molecule has 0 aliphatic heterocycles. The van der Waals surface area contributed by atoms with E-state index in [1.54, 1.807) is 50.4 Å². The first-order valence-corrected chi connectivity index (χ1v) is 8.84. The lowest BCUT2D eigenvalue weighted by Gasteiger charge is -2.15. The number of esters is 1. The molecule has 0 amide bonds. The van der Waals surface area contributed by atoms with Gasteiger partial charge in [0.15, 0.2) is 11.9 Å². The van der Waals surface area contributed by atoms with Gasteiger partial charge in [-0.1, -0.05) is 36.4 Å². The number of fused-ring (bicyclic) bond motifs is 2. The standard InChI is InChI=1S/C22H18N2O4/c1-13(20-23-18-10-6-5-9-17(18)21(25)24-20)28-22(26)16-11-12-19(27-2)15-8-4-3-7-14(15)16/h3-13H,1-2H3,(H,23,24,25)/t13-/m0/s1. The summed E-state index contributed by atoms with van der Waals surface area (Å²) in [6.07, 6.45) is -0.717. The number of carbonyl (C=O) groups is 1. The Morgan fingerprint density at radius 2 is 1.64 bits per heavy atom. The SMILES string of the molecule is COc1ccc(C(=O)O[C@@H](C)c2nc3ccccc3c(=O)[nH]2)c2ccccc12. The van der Waals surface area contributed by atoms with Gasteiger partial charge in [0.25, 0.3) is 5.56 Å². The van der Waals surface area contributed by atoms with Gasteiger partial charge in [-0.05, 0) is 36.6 Å². The lowest BCUT2D eigenvalue weighted by molar-refractivity contribution is 0.0322. The molecular weight excluding hydrogens is 356 g/mol. The molecule has 4 rings (SSSR count). The average Bonchev–Trinajstić information content (AvgIpc) is 2.72. The lowest BCUT2D eigenvalue weighted by atomic mass is 10.0. The predicted molar refractivity (Wildman–Crippen MR) is 107 cm³/mol. The molecule has 1 atom stereocenters. The molecule has 0 spiro atoms. The molecule has 1 aromatic heterocycles. The quantitative estimate of drug-likeness (QED) is 0.546. The van der Waals surface area contributed by atoms with Crippen LogP contribution < -0.4 is 10.3 Å². The molecule has 28 heavy (non-hydrogen) atoms. The van der Waals surface area contributed by atoms with Gasteiger partial charge in [0.05, 0.1) is 23.6 Å². The number of nitrogens with zero attached hydrogens (tertiary/aromatic N) is 1. The number of rotatable bonds is 4. The number of aromatic nitrogens is 2. The van der Waals surface area contributed by atoms with Crippen LogP contribution in [0.2, 0.25) is 0 Å². The molecule has 140 valence electrons. The Kier molecular flexibility index (Phi) is 4.53. The van der Waals surface area contributed by atoms with Crippen LogP contribution in [0.4, 0.5) is 0 Å². The third-order valence-corrected chi connectivity index (χ3v) is 4.62. The van der Waals surface area contributed by atoms with E-state index in [-0.39, 0.29) is 5.56 Å². The summed E-state index contributed by atoms with van der Waals surface area (Å²) in [6, 6.07) is 17.9. The maximum absolute atomic E-state index is 12.8. The van der Waals surface area contributed by atoms with Crippen LogP contribution in [-0.4, -0.2) is 23.0 Å². The molecule has 0 unspecified atom stereocenters. The fourth-order valence-electron chi connectivity index (χ4n) is 3.20. The number of methoxy groups -OCH3 is 1. The number of aromatic amines is 1. The number of hydrogen-bond donors (Lipinski definition) is 1. The van der Waals surface area contributed by atoms with Crippen molar-refractivity contribution >= 4 is 27.6 Å². The molecule has 6 nitrogen and oxygen atoms in total. The summed E-state index contributed by atoms with van der Waals surface area (Å²) in [5, 5.41) is 2.05. The van der Waals surface area contributed by atoms with Crippen LogP contribution in [0.25, 0.3) is 21.7 Å². The van der Waals surface area contributed by atoms with E-state index >= 15 is 0 Å². The first kappa shape index (κ1) is 17.7. The third-order valence-electron chi connectivity index (χ3n) is 4.62. The van der Waals surface area contributed by atoms with Gasteiger partial charge < -0.3 is 14.5 Å². The number of nitrogens with one attached hydrogen (secondary N) is 1. The van der Waals surface area contributed by atoms with Crippen LogP contribution in [0.3, 0.4) is 0 Å². The van der Waals surface area contributed by atoms with Crippen molar-refractivity contribution in [1.29, 1.82) is 0 Å². The van der Waals surface area contributed by atoms with Crippen molar-refractivity contribution in [3.63, 3.8) is 0 Å². The zero-order chi connectivity index (χ0) is 19.7. The van der Waals surface area contributed by atoms with E-state index in [0.29, 0.717) is 28.0 Å². The zero-order valence-corrected chi connectivity index (χ0v) is 15.4. The smallest absolute Gasteiger partial charge is 0.339 e. The van der Waals surface area contributed by atoms with E-state index in [4.69, 9.17) is 9.47 Å². The van der Waals surface area contributed by atoms with Crippen molar-refractivity contribution in [3.8, 4) is 5.75 Å². The minimum atomic E-state index is -0.717. The van der Waals surface area contributed by atoms with Crippen molar-refractivity contribution in [2.75, 3.05) is 7.11 Å². The van der Waals surface area contributed by atoms with Gasteiger partial charge in [-0.15, -0.1) is 0 Å². The number of ether oxygens (including phenoxy) is 2. The maximum atomic E-state index is 12.8. The first-order chi connectivity index (χ1) is 13.6. The molecule has 0 fully saturated rings. The molecule has 1 N–H and O–H groups in total. The predicted octanol–water partition coefficient (Wildman–Crippen LogP) is 4.00. The normalized spacial score (nSPS) is 12.1. The molecule has 0 saturated heterocycles. The molecule has 0 aliphatic carbocycles. The Labute approximate surface area is 160 Å². The van der Waals surface area contributed by atoms with Gasteiger partial charge in [0.1, 0.15) is 5.75 Å². The van der Waals surface area contributed by atoms with Gasteiger partial charge in [-0.2, -0.15) is 0 Å². The van der Waals surface area contributed by atoms with Gasteiger partial charge >= 0.3 is 5.97 Å². The van der Waals surface area contributed by atoms with Crippen LogP contribution in [0, 0.1) is 0 Å². The highest BCUT2D eigenvalue weighted by Gasteiger charge is 2.19. The summed E-state index contributed by atoms with van der Waals surface area (Å²) in [6.45, 7) is 1.68.